The van der Waals surface area contributed by atoms with Crippen molar-refractivity contribution >= 4 is 29.3 Å². The summed E-state index contributed by atoms with van der Waals surface area (Å²) in [7, 11) is 0. The highest BCUT2D eigenvalue weighted by molar-refractivity contribution is 6.30. The van der Waals surface area contributed by atoms with E-state index in [1.807, 2.05) is 30.3 Å². The Balaban J connectivity index is 1.66. The summed E-state index contributed by atoms with van der Waals surface area (Å²) in [6, 6.07) is 24.3. The van der Waals surface area contributed by atoms with Crippen LogP contribution in [-0.4, -0.2) is 24.2 Å². The highest BCUT2D eigenvalue weighted by Crippen LogP contribution is 2.24. The van der Waals surface area contributed by atoms with Crippen molar-refractivity contribution in [1.82, 2.24) is 5.32 Å². The first-order valence-electron chi connectivity index (χ1n) is 9.38. The van der Waals surface area contributed by atoms with Crippen LogP contribution in [0.15, 0.2) is 84.9 Å². The molecule has 3 aromatic rings. The van der Waals surface area contributed by atoms with Gasteiger partial charge in [0.15, 0.2) is 6.10 Å². The summed E-state index contributed by atoms with van der Waals surface area (Å²) in [5.41, 5.74) is 1.75. The number of amides is 1. The Morgan fingerprint density at radius 1 is 0.833 bits per heavy atom. The van der Waals surface area contributed by atoms with Crippen LogP contribution in [0.25, 0.3) is 0 Å². The molecule has 3 rings (SSSR count). The molecule has 0 bridgehead atoms. The quantitative estimate of drug-likeness (QED) is 0.437. The molecule has 3 aromatic carbocycles. The summed E-state index contributed by atoms with van der Waals surface area (Å²) < 4.78 is 5.45. The maximum absolute atomic E-state index is 12.9. The molecule has 0 aromatic heterocycles. The fourth-order valence-corrected chi connectivity index (χ4v) is 2.98. The zero-order valence-electron chi connectivity index (χ0n) is 16.1. The number of carbonyl (C=O) groups is 3. The number of nitrogens with one attached hydrogen (secondary N) is 1. The van der Waals surface area contributed by atoms with Gasteiger partial charge < -0.3 is 10.1 Å². The number of ether oxygens (including phenoxy) is 1. The van der Waals surface area contributed by atoms with Crippen molar-refractivity contribution in [2.75, 3.05) is 6.54 Å². The molecule has 6 heteroatoms. The van der Waals surface area contributed by atoms with Crippen molar-refractivity contribution in [3.63, 3.8) is 0 Å². The number of hydrogen-bond acceptors (Lipinski definition) is 4. The van der Waals surface area contributed by atoms with Gasteiger partial charge in [-0.2, -0.15) is 0 Å². The highest BCUT2D eigenvalue weighted by Gasteiger charge is 2.26. The van der Waals surface area contributed by atoms with Crippen LogP contribution in [0.2, 0.25) is 5.02 Å². The molecule has 0 spiro atoms. The lowest BCUT2D eigenvalue weighted by atomic mass is 10.00. The molecule has 1 atom stereocenters. The zero-order valence-corrected chi connectivity index (χ0v) is 16.8. The third-order valence-corrected chi connectivity index (χ3v) is 4.61. The second kappa shape index (κ2) is 10.4. The van der Waals surface area contributed by atoms with Crippen molar-refractivity contribution in [1.29, 1.82) is 0 Å². The average Bonchev–Trinajstić information content (AvgIpc) is 2.77. The topological polar surface area (TPSA) is 72.5 Å². The maximum Gasteiger partial charge on any atom is 0.326 e. The predicted molar refractivity (Wildman–Crippen MR) is 114 cm³/mol. The minimum Gasteiger partial charge on any atom is -0.448 e. The minimum absolute atomic E-state index is 0.150. The van der Waals surface area contributed by atoms with Crippen molar-refractivity contribution in [3.8, 4) is 0 Å². The number of ketones is 1. The lowest BCUT2D eigenvalue weighted by Crippen LogP contribution is -2.33. The van der Waals surface area contributed by atoms with E-state index in [0.717, 1.165) is 5.56 Å². The number of rotatable bonds is 8. The molecule has 30 heavy (non-hydrogen) atoms. The van der Waals surface area contributed by atoms with Crippen LogP contribution in [0, 0.1) is 0 Å². The summed E-state index contributed by atoms with van der Waals surface area (Å²) in [6.45, 7) is -0.335. The molecular formula is C24H20ClNO4. The number of halogens is 1. The fraction of sp³-hybridized carbons (Fsp3) is 0.125. The van der Waals surface area contributed by atoms with Gasteiger partial charge in [0.2, 0.25) is 11.7 Å². The van der Waals surface area contributed by atoms with Crippen LogP contribution >= 0.6 is 11.6 Å². The summed E-state index contributed by atoms with van der Waals surface area (Å²) >= 11 is 5.93. The summed E-state index contributed by atoms with van der Waals surface area (Å²) in [4.78, 5) is 37.4. The van der Waals surface area contributed by atoms with Crippen LogP contribution < -0.4 is 5.32 Å². The van der Waals surface area contributed by atoms with Crippen molar-refractivity contribution in [3.05, 3.63) is 107 Å². The molecule has 152 valence electrons. The van der Waals surface area contributed by atoms with Gasteiger partial charge in [-0.05, 0) is 17.7 Å². The third-order valence-electron chi connectivity index (χ3n) is 4.36. The van der Waals surface area contributed by atoms with Crippen LogP contribution in [-0.2, 0) is 20.7 Å². The Hall–Kier alpha value is -3.44. The number of Topliss-reactive ketones (excluding diaryl/α,β-unsaturated/α-hetero) is 1. The third kappa shape index (κ3) is 6.03. The van der Waals surface area contributed by atoms with Crippen LogP contribution in [0.3, 0.4) is 0 Å². The molecule has 0 heterocycles. The highest BCUT2D eigenvalue weighted by atomic mass is 35.5. The molecule has 0 aliphatic carbocycles. The molecule has 0 fully saturated rings. The van der Waals surface area contributed by atoms with Gasteiger partial charge in [-0.25, -0.2) is 0 Å². The Bertz CT molecular complexity index is 1000. The number of benzene rings is 3. The van der Waals surface area contributed by atoms with E-state index < -0.39 is 12.1 Å². The largest absolute Gasteiger partial charge is 0.448 e. The fourth-order valence-electron chi connectivity index (χ4n) is 2.85. The van der Waals surface area contributed by atoms with E-state index in [2.05, 4.69) is 5.32 Å². The number of esters is 1. The summed E-state index contributed by atoms with van der Waals surface area (Å²) in [6.07, 6.45) is -0.985. The molecular weight excluding hydrogens is 402 g/mol. The Labute approximate surface area is 179 Å². The molecule has 0 saturated heterocycles. The molecule has 0 aliphatic rings. The van der Waals surface area contributed by atoms with E-state index in [0.29, 0.717) is 16.1 Å². The van der Waals surface area contributed by atoms with Crippen LogP contribution in [0.5, 0.6) is 0 Å². The first-order valence-corrected chi connectivity index (χ1v) is 9.75. The van der Waals surface area contributed by atoms with Crippen LogP contribution in [0.4, 0.5) is 0 Å². The summed E-state index contributed by atoms with van der Waals surface area (Å²) in [5.74, 6) is -1.38. The first-order chi connectivity index (χ1) is 14.5. The van der Waals surface area contributed by atoms with Gasteiger partial charge in [-0.15, -0.1) is 0 Å². The van der Waals surface area contributed by atoms with E-state index in [4.69, 9.17) is 16.3 Å². The van der Waals surface area contributed by atoms with Gasteiger partial charge in [0.1, 0.15) is 6.54 Å². The normalized spacial score (nSPS) is 11.4. The molecule has 5 nitrogen and oxygen atoms in total. The summed E-state index contributed by atoms with van der Waals surface area (Å²) in [5, 5.41) is 3.03. The second-order valence-corrected chi connectivity index (χ2v) is 7.03. The SMILES string of the molecule is O=C(Cc1ccccc1)NCC(=O)OC(C(=O)c1ccccc1)c1ccc(Cl)cc1. The van der Waals surface area contributed by atoms with Crippen molar-refractivity contribution in [2.45, 2.75) is 12.5 Å². The molecule has 0 saturated carbocycles. The van der Waals surface area contributed by atoms with Gasteiger partial charge in [0, 0.05) is 16.1 Å². The predicted octanol–water partition coefficient (Wildman–Crippen LogP) is 4.17. The van der Waals surface area contributed by atoms with E-state index >= 15 is 0 Å². The first kappa shape index (κ1) is 21.3. The van der Waals surface area contributed by atoms with E-state index in [9.17, 15) is 14.4 Å². The number of carbonyl (C=O) groups excluding carboxylic acids is 3. The van der Waals surface area contributed by atoms with Crippen molar-refractivity contribution in [2.24, 2.45) is 0 Å². The van der Waals surface area contributed by atoms with Crippen molar-refractivity contribution < 1.29 is 19.1 Å². The van der Waals surface area contributed by atoms with E-state index in [-0.39, 0.29) is 24.7 Å². The van der Waals surface area contributed by atoms with E-state index in [1.54, 1.807) is 54.6 Å². The van der Waals surface area contributed by atoms with E-state index in [1.165, 1.54) is 0 Å². The van der Waals surface area contributed by atoms with Crippen LogP contribution in [0.1, 0.15) is 27.6 Å². The minimum atomic E-state index is -1.14. The molecule has 1 unspecified atom stereocenters. The van der Waals surface area contributed by atoms with Gasteiger partial charge >= 0.3 is 5.97 Å². The second-order valence-electron chi connectivity index (χ2n) is 6.59. The standard InChI is InChI=1S/C24H20ClNO4/c25-20-13-11-19(12-14-20)24(23(29)18-9-5-2-6-10-18)30-22(28)16-26-21(27)15-17-7-3-1-4-8-17/h1-14,24H,15-16H2,(H,26,27). The Morgan fingerprint density at radius 2 is 1.43 bits per heavy atom. The smallest absolute Gasteiger partial charge is 0.326 e. The zero-order chi connectivity index (χ0) is 21.3. The van der Waals surface area contributed by atoms with Gasteiger partial charge in [-0.1, -0.05) is 84.4 Å². The van der Waals surface area contributed by atoms with Gasteiger partial charge in [-0.3, -0.25) is 14.4 Å². The monoisotopic (exact) mass is 421 g/mol. The maximum atomic E-state index is 12.9. The lowest BCUT2D eigenvalue weighted by molar-refractivity contribution is -0.147. The van der Waals surface area contributed by atoms with Gasteiger partial charge in [0.25, 0.3) is 0 Å². The number of hydrogen-bond donors (Lipinski definition) is 1. The molecule has 0 aliphatic heterocycles. The van der Waals surface area contributed by atoms with Gasteiger partial charge in [0.05, 0.1) is 6.42 Å². The Kier molecular flexibility index (Phi) is 7.35. The lowest BCUT2D eigenvalue weighted by Gasteiger charge is -2.18. The molecule has 1 N–H and O–H groups in total. The molecule has 0 radical (unpaired) electrons. The average molecular weight is 422 g/mol. The molecule has 1 amide bonds. The Morgan fingerprint density at radius 3 is 2.07 bits per heavy atom.